The summed E-state index contributed by atoms with van der Waals surface area (Å²) in [4.78, 5) is 0. The molecule has 2 aliphatic carbocycles. The highest BCUT2D eigenvalue weighted by Crippen LogP contribution is 2.16. The molecule has 40 valence electrons. The van der Waals surface area contributed by atoms with E-state index in [1.54, 1.807) is 25.7 Å². The molecule has 0 aromatic rings. The predicted octanol–water partition coefficient (Wildman–Crippen LogP) is -1.60. The lowest BCUT2D eigenvalue weighted by Gasteiger charge is -1.64. The molecule has 0 radical (unpaired) electrons. The van der Waals surface area contributed by atoms with Crippen LogP contribution in [-0.4, -0.2) is 7.85 Å². The fourth-order valence-corrected chi connectivity index (χ4v) is 4.23. The van der Waals surface area contributed by atoms with Crippen LogP contribution in [0, 0.1) is 0 Å². The van der Waals surface area contributed by atoms with E-state index in [1.807, 2.05) is 0 Å². The number of hydrogen-bond donors (Lipinski definition) is 0. The summed E-state index contributed by atoms with van der Waals surface area (Å²) in [6, 6.07) is 0. The van der Waals surface area contributed by atoms with E-state index in [2.05, 4.69) is 0 Å². The predicted molar refractivity (Wildman–Crippen MR) is 26.0 cm³/mol. The van der Waals surface area contributed by atoms with Gasteiger partial charge in [0.15, 0.2) is 7.85 Å². The van der Waals surface area contributed by atoms with Crippen molar-refractivity contribution in [2.75, 3.05) is 0 Å². The maximum Gasteiger partial charge on any atom is 0.275 e. The summed E-state index contributed by atoms with van der Waals surface area (Å²) in [5.41, 5.74) is 0. The second-order valence-corrected chi connectivity index (χ2v) is 6.72. The summed E-state index contributed by atoms with van der Waals surface area (Å²) in [6.45, 7) is 0. The molecule has 0 heterocycles. The molecule has 0 amide bonds. The summed E-state index contributed by atoms with van der Waals surface area (Å²) in [6.07, 6.45) is 6.40. The van der Waals surface area contributed by atoms with Gasteiger partial charge >= 0.3 is 0 Å². The topological polar surface area (TPSA) is 0 Å². The van der Waals surface area contributed by atoms with Gasteiger partial charge in [0, 0.05) is 0 Å². The fourth-order valence-electron chi connectivity index (χ4n) is 0.630. The molecule has 1 heteroatoms. The Balaban J connectivity index is 1.69. The molecule has 2 rings (SSSR count). The first-order chi connectivity index (χ1) is 3.45. The molecule has 7 heavy (non-hydrogen) atoms. The number of alkyl halides is 2. The van der Waals surface area contributed by atoms with Gasteiger partial charge in [-0.3, -0.25) is 0 Å². The van der Waals surface area contributed by atoms with Crippen molar-refractivity contribution in [1.82, 2.24) is 0 Å². The van der Waals surface area contributed by atoms with Crippen molar-refractivity contribution in [3.63, 3.8) is 0 Å². The lowest BCUT2D eigenvalue weighted by Crippen LogP contribution is -3.65. The Morgan fingerprint density at radius 3 is 1.57 bits per heavy atom. The van der Waals surface area contributed by atoms with Crippen molar-refractivity contribution in [2.45, 2.75) is 33.5 Å². The molecule has 0 spiro atoms. The van der Waals surface area contributed by atoms with E-state index in [4.69, 9.17) is 0 Å². The third kappa shape index (κ3) is 1.31. The molecule has 2 aliphatic rings. The van der Waals surface area contributed by atoms with Gasteiger partial charge in [-0.2, -0.15) is 0 Å². The Hall–Kier alpha value is 0.730. The summed E-state index contributed by atoms with van der Waals surface area (Å²) in [5.74, 6) is 0. The molecule has 0 saturated heterocycles. The van der Waals surface area contributed by atoms with Gasteiger partial charge in [-0.05, 0) is 25.7 Å². The molecule has 0 atom stereocenters. The minimum absolute atomic E-state index is 0.728. The largest absolute Gasteiger partial charge is 0.275 e. The molecule has 0 bridgehead atoms. The minimum Gasteiger partial charge on any atom is -0.00183 e. The standard InChI is InChI=1S/C6H10I/c1-2-5(1)7-6-3-4-6/h5-6H,1-4H2/q+1. The average molecular weight is 209 g/mol. The van der Waals surface area contributed by atoms with Crippen LogP contribution >= 0.6 is 0 Å². The molecular weight excluding hydrogens is 199 g/mol. The van der Waals surface area contributed by atoms with Crippen molar-refractivity contribution < 1.29 is 21.2 Å². The zero-order valence-electron chi connectivity index (χ0n) is 4.36. The third-order valence-corrected chi connectivity index (χ3v) is 5.90. The SMILES string of the molecule is C1CC1[I+]C1CC1. The smallest absolute Gasteiger partial charge is 0.00183 e. The van der Waals surface area contributed by atoms with Gasteiger partial charge in [0.05, 0.1) is 0 Å². The van der Waals surface area contributed by atoms with Crippen LogP contribution in [0.15, 0.2) is 0 Å². The van der Waals surface area contributed by atoms with E-state index in [1.165, 1.54) is 7.85 Å². The van der Waals surface area contributed by atoms with Crippen molar-refractivity contribution in [3.8, 4) is 0 Å². The summed E-state index contributed by atoms with van der Waals surface area (Å²) < 4.78 is 2.60. The zero-order chi connectivity index (χ0) is 4.69. The quantitative estimate of drug-likeness (QED) is 0.379. The Morgan fingerprint density at radius 2 is 1.29 bits per heavy atom. The van der Waals surface area contributed by atoms with Crippen molar-refractivity contribution in [1.29, 1.82) is 0 Å². The molecule has 0 aromatic carbocycles. The van der Waals surface area contributed by atoms with E-state index in [-0.39, 0.29) is 0 Å². The van der Waals surface area contributed by atoms with Crippen molar-refractivity contribution in [2.24, 2.45) is 0 Å². The molecule has 0 nitrogen and oxygen atoms in total. The van der Waals surface area contributed by atoms with Crippen LogP contribution in [-0.2, 0) is 0 Å². The Bertz CT molecular complexity index is 62.2. The Kier molecular flexibility index (Phi) is 1.05. The summed E-state index contributed by atoms with van der Waals surface area (Å²) in [5, 5.41) is 0. The van der Waals surface area contributed by atoms with Gasteiger partial charge in [-0.1, -0.05) is 0 Å². The third-order valence-electron chi connectivity index (χ3n) is 1.37. The first-order valence-electron chi connectivity index (χ1n) is 3.07. The minimum atomic E-state index is 0.728. The zero-order valence-corrected chi connectivity index (χ0v) is 6.52. The van der Waals surface area contributed by atoms with E-state index in [0.717, 1.165) is 21.2 Å². The lowest BCUT2D eigenvalue weighted by molar-refractivity contribution is -0.681. The van der Waals surface area contributed by atoms with Crippen LogP contribution in [0.1, 0.15) is 25.7 Å². The van der Waals surface area contributed by atoms with Crippen LogP contribution in [0.4, 0.5) is 0 Å². The van der Waals surface area contributed by atoms with Gasteiger partial charge < -0.3 is 0 Å². The molecule has 0 N–H and O–H groups in total. The van der Waals surface area contributed by atoms with Gasteiger partial charge in [0.25, 0.3) is 21.2 Å². The Labute approximate surface area is 54.9 Å². The second-order valence-electron chi connectivity index (χ2n) is 2.48. The monoisotopic (exact) mass is 209 g/mol. The van der Waals surface area contributed by atoms with Crippen LogP contribution in [0.5, 0.6) is 0 Å². The molecular formula is C6H10I+. The van der Waals surface area contributed by atoms with Gasteiger partial charge in [-0.15, -0.1) is 0 Å². The first kappa shape index (κ1) is 4.59. The number of hydrogen-bond acceptors (Lipinski definition) is 0. The molecule has 0 aliphatic heterocycles. The highest BCUT2D eigenvalue weighted by atomic mass is 127. The average Bonchev–Trinajstić information content (AvgIpc) is 2.33. The van der Waals surface area contributed by atoms with Gasteiger partial charge in [0.2, 0.25) is 0 Å². The van der Waals surface area contributed by atoms with E-state index in [0.29, 0.717) is 0 Å². The van der Waals surface area contributed by atoms with Gasteiger partial charge in [-0.25, -0.2) is 0 Å². The number of halogens is 1. The van der Waals surface area contributed by atoms with Crippen LogP contribution in [0.2, 0.25) is 0 Å². The fraction of sp³-hybridized carbons (Fsp3) is 1.00. The maximum atomic E-state index is 1.60. The van der Waals surface area contributed by atoms with Crippen LogP contribution in [0.25, 0.3) is 0 Å². The Morgan fingerprint density at radius 1 is 0.857 bits per heavy atom. The van der Waals surface area contributed by atoms with Crippen LogP contribution in [0.3, 0.4) is 0 Å². The van der Waals surface area contributed by atoms with Crippen molar-refractivity contribution >= 4 is 0 Å². The van der Waals surface area contributed by atoms with Crippen molar-refractivity contribution in [3.05, 3.63) is 0 Å². The van der Waals surface area contributed by atoms with E-state index in [9.17, 15) is 0 Å². The lowest BCUT2D eigenvalue weighted by atomic mass is 11.0. The summed E-state index contributed by atoms with van der Waals surface area (Å²) in [7, 11) is 0. The molecule has 2 fully saturated rings. The van der Waals surface area contributed by atoms with Crippen LogP contribution < -0.4 is 21.2 Å². The maximum absolute atomic E-state index is 1.60. The normalized spacial score (nSPS) is 30.9. The molecule has 2 saturated carbocycles. The molecule has 0 unspecified atom stereocenters. The van der Waals surface area contributed by atoms with E-state index >= 15 is 0 Å². The van der Waals surface area contributed by atoms with E-state index < -0.39 is 0 Å². The highest BCUT2D eigenvalue weighted by molar-refractivity contribution is 4.76. The van der Waals surface area contributed by atoms with Gasteiger partial charge in [0.1, 0.15) is 0 Å². The molecule has 0 aromatic heterocycles. The first-order valence-corrected chi connectivity index (χ1v) is 5.56. The second kappa shape index (κ2) is 1.61. The summed E-state index contributed by atoms with van der Waals surface area (Å²) >= 11 is 0.728. The highest BCUT2D eigenvalue weighted by Gasteiger charge is 2.45. The number of rotatable bonds is 2.